The monoisotopic (exact) mass is 250 g/mol. The van der Waals surface area contributed by atoms with Crippen molar-refractivity contribution in [1.29, 1.82) is 0 Å². The first kappa shape index (κ1) is 12.7. The molecule has 3 aliphatic heterocycles. The molecule has 3 rings (SSSR count). The lowest BCUT2D eigenvalue weighted by Crippen LogP contribution is -2.47. The summed E-state index contributed by atoms with van der Waals surface area (Å²) in [6.45, 7) is 2.21. The van der Waals surface area contributed by atoms with Crippen molar-refractivity contribution in [2.75, 3.05) is 19.6 Å². The summed E-state index contributed by atoms with van der Waals surface area (Å²) in [6, 6.07) is 0.0921. The summed E-state index contributed by atoms with van der Waals surface area (Å²) < 4.78 is 36.2. The molecule has 6 heteroatoms. The van der Waals surface area contributed by atoms with Crippen LogP contribution in [0.2, 0.25) is 0 Å². The van der Waals surface area contributed by atoms with Crippen LogP contribution >= 0.6 is 0 Å². The molecule has 2 atom stereocenters. The van der Waals surface area contributed by atoms with Crippen molar-refractivity contribution in [3.05, 3.63) is 0 Å². The maximum atomic E-state index is 12.1. The Morgan fingerprint density at radius 1 is 1.29 bits per heavy atom. The highest BCUT2D eigenvalue weighted by molar-refractivity contribution is 5.76. The molecule has 0 radical (unpaired) electrons. The lowest BCUT2D eigenvalue weighted by atomic mass is 9.94. The van der Waals surface area contributed by atoms with Crippen LogP contribution in [-0.4, -0.2) is 42.7 Å². The van der Waals surface area contributed by atoms with Crippen LogP contribution < -0.4 is 5.32 Å². The highest BCUT2D eigenvalue weighted by Gasteiger charge is 2.35. The van der Waals surface area contributed by atoms with Gasteiger partial charge >= 0.3 is 6.18 Å². The van der Waals surface area contributed by atoms with Crippen LogP contribution in [0.4, 0.5) is 13.2 Å². The fourth-order valence-corrected chi connectivity index (χ4v) is 2.63. The standard InChI is InChI=1S/C11H17F3N2O/c12-11(13,14)4-3-10(17)16-7-8-1-2-9(16)6-15-5-8/h8-9,15H,1-7H2/t8-,9+/m1/s1. The Morgan fingerprint density at radius 3 is 2.76 bits per heavy atom. The van der Waals surface area contributed by atoms with Crippen LogP contribution in [0.15, 0.2) is 0 Å². The Hall–Kier alpha value is -0.780. The van der Waals surface area contributed by atoms with Crippen LogP contribution in [0.5, 0.6) is 0 Å². The van der Waals surface area contributed by atoms with Gasteiger partial charge < -0.3 is 10.2 Å². The van der Waals surface area contributed by atoms with Gasteiger partial charge in [0.25, 0.3) is 0 Å². The van der Waals surface area contributed by atoms with E-state index in [1.807, 2.05) is 0 Å². The number of carbonyl (C=O) groups excluding carboxylic acids is 1. The number of piperidine rings is 1. The van der Waals surface area contributed by atoms with E-state index in [-0.39, 0.29) is 11.9 Å². The van der Waals surface area contributed by atoms with E-state index in [0.29, 0.717) is 19.0 Å². The van der Waals surface area contributed by atoms with E-state index < -0.39 is 19.0 Å². The molecule has 1 amide bonds. The molecule has 3 heterocycles. The maximum absolute atomic E-state index is 12.1. The molecule has 3 saturated heterocycles. The number of hydrogen-bond acceptors (Lipinski definition) is 2. The number of halogens is 3. The maximum Gasteiger partial charge on any atom is 0.389 e. The third-order valence-corrected chi connectivity index (χ3v) is 3.56. The first-order chi connectivity index (χ1) is 7.96. The van der Waals surface area contributed by atoms with Gasteiger partial charge in [-0.1, -0.05) is 0 Å². The van der Waals surface area contributed by atoms with Gasteiger partial charge in [0.05, 0.1) is 6.42 Å². The quantitative estimate of drug-likeness (QED) is 0.806. The van der Waals surface area contributed by atoms with E-state index in [2.05, 4.69) is 5.32 Å². The second-order valence-electron chi connectivity index (χ2n) is 4.92. The van der Waals surface area contributed by atoms with Crippen LogP contribution in [0.3, 0.4) is 0 Å². The molecular formula is C11H17F3N2O. The summed E-state index contributed by atoms with van der Waals surface area (Å²) in [5, 5.41) is 3.25. The van der Waals surface area contributed by atoms with Crippen LogP contribution in [0.1, 0.15) is 25.7 Å². The van der Waals surface area contributed by atoms with Crippen LogP contribution in [0, 0.1) is 5.92 Å². The van der Waals surface area contributed by atoms with Gasteiger partial charge in [-0.25, -0.2) is 0 Å². The number of carbonyl (C=O) groups is 1. The van der Waals surface area contributed by atoms with E-state index in [1.54, 1.807) is 4.90 Å². The van der Waals surface area contributed by atoms with Crippen molar-refractivity contribution in [1.82, 2.24) is 10.2 Å². The summed E-state index contributed by atoms with van der Waals surface area (Å²) >= 11 is 0. The summed E-state index contributed by atoms with van der Waals surface area (Å²) in [4.78, 5) is 13.4. The largest absolute Gasteiger partial charge is 0.389 e. The van der Waals surface area contributed by atoms with Gasteiger partial charge in [-0.2, -0.15) is 13.2 Å². The van der Waals surface area contributed by atoms with Crippen molar-refractivity contribution in [3.63, 3.8) is 0 Å². The molecule has 17 heavy (non-hydrogen) atoms. The van der Waals surface area contributed by atoms with Crippen LogP contribution in [0.25, 0.3) is 0 Å². The molecule has 1 N–H and O–H groups in total. The van der Waals surface area contributed by atoms with Crippen LogP contribution in [-0.2, 0) is 4.79 Å². The Bertz CT molecular complexity index is 289. The van der Waals surface area contributed by atoms with E-state index in [4.69, 9.17) is 0 Å². The molecule has 3 fully saturated rings. The molecule has 2 bridgehead atoms. The molecular weight excluding hydrogens is 233 g/mol. The molecule has 3 nitrogen and oxygen atoms in total. The molecule has 0 unspecified atom stereocenters. The summed E-state index contributed by atoms with van der Waals surface area (Å²) in [5.41, 5.74) is 0. The van der Waals surface area contributed by atoms with Gasteiger partial charge in [0.15, 0.2) is 0 Å². The number of rotatable bonds is 2. The molecule has 0 aromatic carbocycles. The van der Waals surface area contributed by atoms with Gasteiger partial charge in [-0.15, -0.1) is 0 Å². The van der Waals surface area contributed by atoms with Gasteiger partial charge in [0.2, 0.25) is 5.91 Å². The normalized spacial score (nSPS) is 29.2. The van der Waals surface area contributed by atoms with E-state index >= 15 is 0 Å². The highest BCUT2D eigenvalue weighted by Crippen LogP contribution is 2.27. The Kier molecular flexibility index (Phi) is 3.61. The average molecular weight is 250 g/mol. The molecule has 0 aliphatic carbocycles. The fraction of sp³-hybridized carbons (Fsp3) is 0.909. The predicted octanol–water partition coefficient (Wildman–Crippen LogP) is 1.54. The second-order valence-corrected chi connectivity index (χ2v) is 4.92. The molecule has 0 aromatic rings. The van der Waals surface area contributed by atoms with Crippen molar-refractivity contribution in [2.24, 2.45) is 5.92 Å². The average Bonchev–Trinajstić information content (AvgIpc) is 2.59. The van der Waals surface area contributed by atoms with E-state index in [9.17, 15) is 18.0 Å². The third kappa shape index (κ3) is 3.34. The molecule has 0 aromatic heterocycles. The minimum Gasteiger partial charge on any atom is -0.338 e. The van der Waals surface area contributed by atoms with Gasteiger partial charge in [0.1, 0.15) is 0 Å². The number of fused-ring (bicyclic) bond motifs is 4. The lowest BCUT2D eigenvalue weighted by Gasteiger charge is -2.36. The molecule has 0 saturated carbocycles. The zero-order chi connectivity index (χ0) is 12.5. The highest BCUT2D eigenvalue weighted by atomic mass is 19.4. The zero-order valence-corrected chi connectivity index (χ0v) is 9.59. The Balaban J connectivity index is 1.91. The number of nitrogens with one attached hydrogen (secondary N) is 1. The number of nitrogens with zero attached hydrogens (tertiary/aromatic N) is 1. The molecule has 3 aliphatic rings. The predicted molar refractivity (Wildman–Crippen MR) is 56.4 cm³/mol. The topological polar surface area (TPSA) is 32.3 Å². The van der Waals surface area contributed by atoms with E-state index in [0.717, 1.165) is 19.4 Å². The van der Waals surface area contributed by atoms with E-state index in [1.165, 1.54) is 0 Å². The van der Waals surface area contributed by atoms with Gasteiger partial charge in [-0.05, 0) is 25.3 Å². The van der Waals surface area contributed by atoms with Crippen molar-refractivity contribution in [3.8, 4) is 0 Å². The molecule has 0 spiro atoms. The number of alkyl halides is 3. The van der Waals surface area contributed by atoms with Crippen molar-refractivity contribution < 1.29 is 18.0 Å². The Morgan fingerprint density at radius 2 is 2.06 bits per heavy atom. The third-order valence-electron chi connectivity index (χ3n) is 3.56. The first-order valence-corrected chi connectivity index (χ1v) is 6.02. The fourth-order valence-electron chi connectivity index (χ4n) is 2.63. The molecule has 98 valence electrons. The van der Waals surface area contributed by atoms with Gasteiger partial charge in [-0.3, -0.25) is 4.79 Å². The lowest BCUT2D eigenvalue weighted by molar-refractivity contribution is -0.151. The van der Waals surface area contributed by atoms with Gasteiger partial charge in [0, 0.05) is 25.6 Å². The minimum absolute atomic E-state index is 0.0921. The zero-order valence-electron chi connectivity index (χ0n) is 9.59. The summed E-state index contributed by atoms with van der Waals surface area (Å²) in [6.07, 6.45) is -3.67. The summed E-state index contributed by atoms with van der Waals surface area (Å²) in [5.74, 6) is 0.0595. The smallest absolute Gasteiger partial charge is 0.338 e. The number of amides is 1. The first-order valence-electron chi connectivity index (χ1n) is 6.02. The second kappa shape index (κ2) is 4.84. The summed E-state index contributed by atoms with van der Waals surface area (Å²) in [7, 11) is 0. The van der Waals surface area contributed by atoms with Crippen molar-refractivity contribution in [2.45, 2.75) is 37.9 Å². The number of hydrogen-bond donors (Lipinski definition) is 1. The SMILES string of the molecule is O=C(CCC(F)(F)F)N1C[C@@H]2CC[C@H]1CNC2. The Labute approximate surface area is 98.3 Å². The minimum atomic E-state index is -4.24. The van der Waals surface area contributed by atoms with Crippen molar-refractivity contribution >= 4 is 5.91 Å².